The first-order valence-electron chi connectivity index (χ1n) is 11.7. The fourth-order valence-corrected chi connectivity index (χ4v) is 4.86. The molecule has 1 atom stereocenters. The van der Waals surface area contributed by atoms with E-state index in [-0.39, 0.29) is 24.1 Å². The van der Waals surface area contributed by atoms with Crippen LogP contribution in [0.15, 0.2) is 18.2 Å². The average Bonchev–Trinajstić information content (AvgIpc) is 3.41. The molecule has 1 aromatic carbocycles. The Morgan fingerprint density at radius 3 is 2.66 bits per heavy atom. The summed E-state index contributed by atoms with van der Waals surface area (Å²) in [7, 11) is 0. The molecule has 186 valence electrons. The highest BCUT2D eigenvalue weighted by atomic mass is 19.4. The third-order valence-electron chi connectivity index (χ3n) is 6.62. The van der Waals surface area contributed by atoms with Crippen molar-refractivity contribution in [2.75, 3.05) is 19.8 Å². The summed E-state index contributed by atoms with van der Waals surface area (Å²) in [6, 6.07) is 5.80. The Balaban J connectivity index is 1.33. The SMILES string of the molecule is Cc1nc2nc(C(F)(F)F)nn2c(C)c1CCC(=O)N1CCCC1c1ccc2c(c1)OCCCO2. The molecular weight excluding hydrogens is 463 g/mol. The Kier molecular flexibility index (Phi) is 6.02. The number of halogens is 3. The van der Waals surface area contributed by atoms with Gasteiger partial charge in [-0.1, -0.05) is 6.07 Å². The van der Waals surface area contributed by atoms with Crippen molar-refractivity contribution in [2.45, 2.75) is 58.2 Å². The van der Waals surface area contributed by atoms with Gasteiger partial charge in [-0.3, -0.25) is 4.79 Å². The van der Waals surface area contributed by atoms with E-state index in [2.05, 4.69) is 15.1 Å². The summed E-state index contributed by atoms with van der Waals surface area (Å²) in [5, 5.41) is 3.58. The summed E-state index contributed by atoms with van der Waals surface area (Å²) >= 11 is 0. The largest absolute Gasteiger partial charge is 0.490 e. The van der Waals surface area contributed by atoms with E-state index in [0.717, 1.165) is 35.1 Å². The van der Waals surface area contributed by atoms with Crippen LogP contribution in [0.5, 0.6) is 11.5 Å². The Bertz CT molecular complexity index is 1270. The summed E-state index contributed by atoms with van der Waals surface area (Å²) in [6.07, 6.45) is -1.50. The van der Waals surface area contributed by atoms with Gasteiger partial charge in [-0.2, -0.15) is 18.2 Å². The minimum absolute atomic E-state index is 0.00641. The van der Waals surface area contributed by atoms with Crippen LogP contribution in [0.2, 0.25) is 0 Å². The number of rotatable bonds is 4. The number of aromatic nitrogens is 4. The number of nitrogens with zero attached hydrogens (tertiary/aromatic N) is 5. The van der Waals surface area contributed by atoms with Crippen molar-refractivity contribution in [3.05, 3.63) is 46.5 Å². The number of hydrogen-bond donors (Lipinski definition) is 0. The van der Waals surface area contributed by atoms with Crippen LogP contribution in [-0.2, 0) is 17.4 Å². The molecule has 0 N–H and O–H groups in total. The maximum absolute atomic E-state index is 13.2. The molecule has 0 spiro atoms. The first kappa shape index (κ1) is 23.4. The number of hydrogen-bond acceptors (Lipinski definition) is 6. The molecular formula is C24H26F3N5O3. The molecule has 3 aromatic rings. The fourth-order valence-electron chi connectivity index (χ4n) is 4.86. The minimum atomic E-state index is -4.65. The lowest BCUT2D eigenvalue weighted by Crippen LogP contribution is -2.31. The molecule has 2 aliphatic heterocycles. The first-order chi connectivity index (χ1) is 16.7. The number of fused-ring (bicyclic) bond motifs is 2. The lowest BCUT2D eigenvalue weighted by atomic mass is 10.0. The van der Waals surface area contributed by atoms with Gasteiger partial charge in [0, 0.05) is 30.8 Å². The van der Waals surface area contributed by atoms with Crippen LogP contribution in [-0.4, -0.2) is 50.1 Å². The molecule has 1 amide bonds. The van der Waals surface area contributed by atoms with Crippen LogP contribution >= 0.6 is 0 Å². The zero-order chi connectivity index (χ0) is 24.7. The summed E-state index contributed by atoms with van der Waals surface area (Å²) in [4.78, 5) is 22.8. The number of aryl methyl sites for hydroxylation is 2. The van der Waals surface area contributed by atoms with E-state index in [1.165, 1.54) is 0 Å². The van der Waals surface area contributed by atoms with Crippen molar-refractivity contribution < 1.29 is 27.4 Å². The second-order valence-corrected chi connectivity index (χ2v) is 8.91. The van der Waals surface area contributed by atoms with E-state index in [1.54, 1.807) is 13.8 Å². The van der Waals surface area contributed by atoms with Crippen LogP contribution in [0.25, 0.3) is 5.78 Å². The summed E-state index contributed by atoms with van der Waals surface area (Å²) in [6.45, 7) is 5.26. The molecule has 0 saturated carbocycles. The van der Waals surface area contributed by atoms with E-state index < -0.39 is 12.0 Å². The molecule has 8 nitrogen and oxygen atoms in total. The normalized spacial score (nSPS) is 18.2. The molecule has 2 aromatic heterocycles. The Hall–Kier alpha value is -3.37. The molecule has 5 rings (SSSR count). The van der Waals surface area contributed by atoms with E-state index >= 15 is 0 Å². The van der Waals surface area contributed by atoms with Gasteiger partial charge in [-0.15, -0.1) is 5.10 Å². The third-order valence-corrected chi connectivity index (χ3v) is 6.62. The number of likely N-dealkylation sites (tertiary alicyclic amines) is 1. The minimum Gasteiger partial charge on any atom is -0.490 e. The zero-order valence-electron chi connectivity index (χ0n) is 19.6. The molecule has 1 unspecified atom stereocenters. The molecule has 1 saturated heterocycles. The maximum atomic E-state index is 13.2. The predicted molar refractivity (Wildman–Crippen MR) is 119 cm³/mol. The van der Waals surface area contributed by atoms with Crippen molar-refractivity contribution in [1.82, 2.24) is 24.5 Å². The Morgan fingerprint density at radius 1 is 1.11 bits per heavy atom. The highest BCUT2D eigenvalue weighted by Crippen LogP contribution is 2.38. The van der Waals surface area contributed by atoms with Gasteiger partial charge in [0.15, 0.2) is 11.5 Å². The van der Waals surface area contributed by atoms with Crippen LogP contribution < -0.4 is 9.47 Å². The van der Waals surface area contributed by atoms with Gasteiger partial charge < -0.3 is 14.4 Å². The molecule has 11 heteroatoms. The number of carbonyl (C=O) groups is 1. The molecule has 35 heavy (non-hydrogen) atoms. The molecule has 2 aliphatic rings. The van der Waals surface area contributed by atoms with Crippen molar-refractivity contribution in [3.63, 3.8) is 0 Å². The highest BCUT2D eigenvalue weighted by molar-refractivity contribution is 5.77. The van der Waals surface area contributed by atoms with Crippen LogP contribution in [0, 0.1) is 13.8 Å². The monoisotopic (exact) mass is 489 g/mol. The summed E-state index contributed by atoms with van der Waals surface area (Å²) in [5.74, 6) is 0.0917. The first-order valence-corrected chi connectivity index (χ1v) is 11.7. The standard InChI is InChI=1S/C24H26F3N5O3/c1-14-17(15(2)32-23(28-14)29-22(30-32)24(25,26)27)7-9-21(33)31-10-3-5-18(31)16-6-8-19-20(13-16)35-12-4-11-34-19/h6,8,13,18H,3-5,7,9-12H2,1-2H3. The second-order valence-electron chi connectivity index (χ2n) is 8.91. The third kappa shape index (κ3) is 4.51. The lowest BCUT2D eigenvalue weighted by Gasteiger charge is -2.26. The van der Waals surface area contributed by atoms with Crippen molar-refractivity contribution >= 4 is 11.7 Å². The number of carbonyl (C=O) groups excluding carboxylic acids is 1. The summed E-state index contributed by atoms with van der Waals surface area (Å²) in [5.41, 5.74) is 2.77. The van der Waals surface area contributed by atoms with Gasteiger partial charge in [0.05, 0.1) is 19.3 Å². The van der Waals surface area contributed by atoms with Crippen molar-refractivity contribution in [1.29, 1.82) is 0 Å². The van der Waals surface area contributed by atoms with Gasteiger partial charge in [-0.25, -0.2) is 9.50 Å². The van der Waals surface area contributed by atoms with E-state index in [9.17, 15) is 18.0 Å². The van der Waals surface area contributed by atoms with Gasteiger partial charge in [0.25, 0.3) is 11.6 Å². The maximum Gasteiger partial charge on any atom is 0.453 e. The molecule has 4 heterocycles. The summed E-state index contributed by atoms with van der Waals surface area (Å²) < 4.78 is 51.8. The Labute approximate surface area is 200 Å². The quantitative estimate of drug-likeness (QED) is 0.546. The Morgan fingerprint density at radius 2 is 1.89 bits per heavy atom. The van der Waals surface area contributed by atoms with Gasteiger partial charge in [0.2, 0.25) is 5.91 Å². The van der Waals surface area contributed by atoms with Crippen LogP contribution in [0.1, 0.15) is 60.1 Å². The van der Waals surface area contributed by atoms with E-state index in [0.29, 0.717) is 48.9 Å². The predicted octanol–water partition coefficient (Wildman–Crippen LogP) is 4.22. The second kappa shape index (κ2) is 9.01. The number of ether oxygens (including phenoxy) is 2. The number of alkyl halides is 3. The number of benzene rings is 1. The topological polar surface area (TPSA) is 81.9 Å². The van der Waals surface area contributed by atoms with Crippen LogP contribution in [0.4, 0.5) is 13.2 Å². The average molecular weight is 489 g/mol. The fraction of sp³-hybridized carbons (Fsp3) is 0.500. The molecule has 0 aliphatic carbocycles. The highest BCUT2D eigenvalue weighted by Gasteiger charge is 2.37. The lowest BCUT2D eigenvalue weighted by molar-refractivity contribution is -0.144. The smallest absolute Gasteiger partial charge is 0.453 e. The molecule has 0 radical (unpaired) electrons. The van der Waals surface area contributed by atoms with Gasteiger partial charge in [0.1, 0.15) is 0 Å². The van der Waals surface area contributed by atoms with Gasteiger partial charge in [-0.05, 0) is 56.4 Å². The van der Waals surface area contributed by atoms with Gasteiger partial charge >= 0.3 is 6.18 Å². The molecule has 1 fully saturated rings. The van der Waals surface area contributed by atoms with E-state index in [4.69, 9.17) is 9.47 Å². The van der Waals surface area contributed by atoms with Crippen molar-refractivity contribution in [2.24, 2.45) is 0 Å². The number of amides is 1. The van der Waals surface area contributed by atoms with Crippen molar-refractivity contribution in [3.8, 4) is 11.5 Å². The van der Waals surface area contributed by atoms with E-state index in [1.807, 2.05) is 23.1 Å². The zero-order valence-corrected chi connectivity index (χ0v) is 19.6. The van der Waals surface area contributed by atoms with Crippen LogP contribution in [0.3, 0.4) is 0 Å². The molecule has 0 bridgehead atoms.